The number of nitrogens with one attached hydrogen (secondary N) is 2. The number of amides is 2. The zero-order valence-electron chi connectivity index (χ0n) is 11.5. The van der Waals surface area contributed by atoms with Crippen LogP contribution in [0, 0.1) is 5.92 Å². The van der Waals surface area contributed by atoms with Crippen molar-refractivity contribution >= 4 is 12.0 Å². The van der Waals surface area contributed by atoms with Gasteiger partial charge in [0, 0.05) is 6.42 Å². The fourth-order valence-electron chi connectivity index (χ4n) is 2.13. The van der Waals surface area contributed by atoms with Crippen LogP contribution < -0.4 is 10.9 Å². The summed E-state index contributed by atoms with van der Waals surface area (Å²) in [4.78, 5) is 22.9. The van der Waals surface area contributed by atoms with Gasteiger partial charge in [0.15, 0.2) is 0 Å². The van der Waals surface area contributed by atoms with Crippen LogP contribution in [-0.4, -0.2) is 17.6 Å². The van der Waals surface area contributed by atoms with Gasteiger partial charge in [-0.15, -0.1) is 0 Å². The van der Waals surface area contributed by atoms with Crippen molar-refractivity contribution in [2.75, 3.05) is 0 Å². The van der Waals surface area contributed by atoms with E-state index in [1.165, 1.54) is 19.3 Å². The molecule has 1 aliphatic carbocycles. The van der Waals surface area contributed by atoms with E-state index in [2.05, 4.69) is 10.9 Å². The van der Waals surface area contributed by atoms with Gasteiger partial charge in [-0.3, -0.25) is 10.2 Å². The summed E-state index contributed by atoms with van der Waals surface area (Å²) in [5.74, 6) is 0.312. The molecule has 0 unspecified atom stereocenters. The van der Waals surface area contributed by atoms with Crippen molar-refractivity contribution in [3.63, 3.8) is 0 Å². The molecule has 104 valence electrons. The summed E-state index contributed by atoms with van der Waals surface area (Å²) in [6.07, 6.45) is 5.76. The summed E-state index contributed by atoms with van der Waals surface area (Å²) in [5.41, 5.74) is 4.10. The first-order chi connectivity index (χ1) is 8.37. The number of carbonyl (C=O) groups is 2. The highest BCUT2D eigenvalue weighted by Crippen LogP contribution is 2.25. The van der Waals surface area contributed by atoms with E-state index in [9.17, 15) is 9.59 Å². The molecule has 0 radical (unpaired) electrons. The lowest BCUT2D eigenvalue weighted by atomic mass is 9.87. The molecule has 2 amide bonds. The van der Waals surface area contributed by atoms with E-state index in [0.29, 0.717) is 12.3 Å². The molecule has 18 heavy (non-hydrogen) atoms. The summed E-state index contributed by atoms with van der Waals surface area (Å²) in [6.45, 7) is 5.32. The minimum absolute atomic E-state index is 0.146. The Labute approximate surface area is 109 Å². The molecular weight excluding hydrogens is 232 g/mol. The van der Waals surface area contributed by atoms with Gasteiger partial charge in [0.05, 0.1) is 0 Å². The molecule has 0 aromatic rings. The molecule has 5 heteroatoms. The topological polar surface area (TPSA) is 67.4 Å². The molecule has 1 saturated carbocycles. The third-order valence-electron chi connectivity index (χ3n) is 2.90. The van der Waals surface area contributed by atoms with Crippen molar-refractivity contribution in [2.45, 2.75) is 64.9 Å². The predicted octanol–water partition coefficient (Wildman–Crippen LogP) is 2.51. The molecule has 1 fully saturated rings. The Bertz CT molecular complexity index is 291. The van der Waals surface area contributed by atoms with Gasteiger partial charge >= 0.3 is 6.09 Å². The van der Waals surface area contributed by atoms with Crippen LogP contribution in [0.15, 0.2) is 0 Å². The normalized spacial score (nSPS) is 17.1. The molecule has 1 rings (SSSR count). The van der Waals surface area contributed by atoms with E-state index in [1.807, 2.05) is 0 Å². The van der Waals surface area contributed by atoms with Gasteiger partial charge in [-0.1, -0.05) is 19.3 Å². The van der Waals surface area contributed by atoms with Gasteiger partial charge in [0.1, 0.15) is 5.60 Å². The molecule has 5 nitrogen and oxygen atoms in total. The maximum absolute atomic E-state index is 11.6. The summed E-state index contributed by atoms with van der Waals surface area (Å²) >= 11 is 0. The average molecular weight is 256 g/mol. The summed E-state index contributed by atoms with van der Waals surface area (Å²) < 4.78 is 5.01. The number of rotatable bonds is 2. The minimum atomic E-state index is -0.625. The second kappa shape index (κ2) is 6.61. The van der Waals surface area contributed by atoms with Crippen molar-refractivity contribution in [3.8, 4) is 0 Å². The molecule has 2 N–H and O–H groups in total. The first kappa shape index (κ1) is 14.8. The molecular formula is C13H24N2O3. The van der Waals surface area contributed by atoms with Crippen LogP contribution >= 0.6 is 0 Å². The summed E-state index contributed by atoms with van der Waals surface area (Å²) in [5, 5.41) is 0. The van der Waals surface area contributed by atoms with Crippen LogP contribution in [-0.2, 0) is 9.53 Å². The second-order valence-electron chi connectivity index (χ2n) is 5.88. The van der Waals surface area contributed by atoms with E-state index >= 15 is 0 Å². The van der Waals surface area contributed by atoms with Crippen LogP contribution in [0.25, 0.3) is 0 Å². The van der Waals surface area contributed by atoms with Gasteiger partial charge in [-0.05, 0) is 39.5 Å². The summed E-state index contributed by atoms with van der Waals surface area (Å²) in [6, 6.07) is 0. The molecule has 0 aliphatic heterocycles. The van der Waals surface area contributed by atoms with E-state index < -0.39 is 11.7 Å². The third-order valence-corrected chi connectivity index (χ3v) is 2.90. The van der Waals surface area contributed by atoms with Crippen molar-refractivity contribution < 1.29 is 14.3 Å². The Morgan fingerprint density at radius 3 is 2.28 bits per heavy atom. The summed E-state index contributed by atoms with van der Waals surface area (Å²) in [7, 11) is 0. The van der Waals surface area contributed by atoms with Gasteiger partial charge in [0.25, 0.3) is 0 Å². The maximum atomic E-state index is 11.6. The van der Waals surface area contributed by atoms with Crippen molar-refractivity contribution in [1.29, 1.82) is 0 Å². The Balaban J connectivity index is 2.18. The Hall–Kier alpha value is -1.26. The van der Waals surface area contributed by atoms with Crippen molar-refractivity contribution in [3.05, 3.63) is 0 Å². The Morgan fingerprint density at radius 2 is 1.72 bits per heavy atom. The maximum Gasteiger partial charge on any atom is 0.426 e. The van der Waals surface area contributed by atoms with Gasteiger partial charge in [-0.25, -0.2) is 10.2 Å². The number of hydrogen-bond donors (Lipinski definition) is 2. The van der Waals surface area contributed by atoms with E-state index in [1.54, 1.807) is 20.8 Å². The van der Waals surface area contributed by atoms with Crippen LogP contribution in [0.4, 0.5) is 4.79 Å². The number of ether oxygens (including phenoxy) is 1. The number of carbonyl (C=O) groups excluding carboxylic acids is 2. The molecule has 1 aliphatic rings. The highest BCUT2D eigenvalue weighted by atomic mass is 16.6. The fourth-order valence-corrected chi connectivity index (χ4v) is 2.13. The molecule has 0 aromatic heterocycles. The molecule has 0 aromatic carbocycles. The first-order valence-electron chi connectivity index (χ1n) is 6.64. The van der Waals surface area contributed by atoms with Gasteiger partial charge in [0.2, 0.25) is 5.91 Å². The largest absolute Gasteiger partial charge is 0.443 e. The smallest absolute Gasteiger partial charge is 0.426 e. The molecule has 0 atom stereocenters. The van der Waals surface area contributed by atoms with Crippen LogP contribution in [0.1, 0.15) is 59.3 Å². The Morgan fingerprint density at radius 1 is 1.11 bits per heavy atom. The fraction of sp³-hybridized carbons (Fsp3) is 0.846. The molecule has 0 saturated heterocycles. The Kier molecular flexibility index (Phi) is 5.44. The molecule has 0 spiro atoms. The van der Waals surface area contributed by atoms with E-state index in [4.69, 9.17) is 4.74 Å². The number of hydrazine groups is 1. The van der Waals surface area contributed by atoms with E-state index in [-0.39, 0.29) is 5.91 Å². The number of hydrogen-bond acceptors (Lipinski definition) is 3. The highest BCUT2D eigenvalue weighted by Gasteiger charge is 2.19. The third kappa shape index (κ3) is 6.47. The lowest BCUT2D eigenvalue weighted by molar-refractivity contribution is -0.123. The SMILES string of the molecule is CC(C)(C)OC(=O)NNC(=O)CC1CCCCC1. The van der Waals surface area contributed by atoms with Crippen LogP contribution in [0.5, 0.6) is 0 Å². The van der Waals surface area contributed by atoms with Crippen molar-refractivity contribution in [1.82, 2.24) is 10.9 Å². The lowest BCUT2D eigenvalue weighted by Crippen LogP contribution is -2.44. The van der Waals surface area contributed by atoms with Gasteiger partial charge in [-0.2, -0.15) is 0 Å². The molecule has 0 bridgehead atoms. The van der Waals surface area contributed by atoms with Crippen LogP contribution in [0.2, 0.25) is 0 Å². The zero-order valence-corrected chi connectivity index (χ0v) is 11.5. The standard InChI is InChI=1S/C13H24N2O3/c1-13(2,3)18-12(17)15-14-11(16)9-10-7-5-4-6-8-10/h10H,4-9H2,1-3H3,(H,14,16)(H,15,17). The second-order valence-corrected chi connectivity index (χ2v) is 5.88. The zero-order chi connectivity index (χ0) is 13.6. The minimum Gasteiger partial charge on any atom is -0.443 e. The quantitative estimate of drug-likeness (QED) is 0.746. The monoisotopic (exact) mass is 256 g/mol. The van der Waals surface area contributed by atoms with Crippen LogP contribution in [0.3, 0.4) is 0 Å². The average Bonchev–Trinajstić information content (AvgIpc) is 2.25. The highest BCUT2D eigenvalue weighted by molar-refractivity contribution is 5.79. The van der Waals surface area contributed by atoms with E-state index in [0.717, 1.165) is 12.8 Å². The first-order valence-corrected chi connectivity index (χ1v) is 6.64. The van der Waals surface area contributed by atoms with Gasteiger partial charge < -0.3 is 4.74 Å². The molecule has 0 heterocycles. The predicted molar refractivity (Wildman–Crippen MR) is 68.7 cm³/mol. The van der Waals surface area contributed by atoms with Crippen molar-refractivity contribution in [2.24, 2.45) is 5.92 Å². The lowest BCUT2D eigenvalue weighted by Gasteiger charge is -2.22.